The number of nitrogens with two attached hydrogens (primary N) is 1. The Kier molecular flexibility index (Phi) is 6.71. The number of nitrogens with one attached hydrogen (secondary N) is 1. The number of sulfonamides is 1. The third-order valence-electron chi connectivity index (χ3n) is 8.16. The summed E-state index contributed by atoms with van der Waals surface area (Å²) in [6, 6.07) is 1.49. The molecule has 4 atom stereocenters. The van der Waals surface area contributed by atoms with Crippen LogP contribution >= 0.6 is 0 Å². The SMILES string of the molecule is CN(C)[C@@H]1C(=O)C(C(N)=O)=C(O)[C@@]2(O)C(=O)C3=C(O)c4c(O)ccc(C#CCNS(C)(=O)=O)c4C[C@@]3(C)C[C@@]12C. The zero-order valence-electron chi connectivity index (χ0n) is 22.6. The molecule has 40 heavy (non-hydrogen) atoms. The predicted molar refractivity (Wildman–Crippen MR) is 143 cm³/mol. The summed E-state index contributed by atoms with van der Waals surface area (Å²) in [7, 11) is -0.433. The maximum absolute atomic E-state index is 14.2. The van der Waals surface area contributed by atoms with Gasteiger partial charge in [-0.05, 0) is 44.6 Å². The molecule has 1 amide bonds. The van der Waals surface area contributed by atoms with Crippen molar-refractivity contribution in [2.24, 2.45) is 16.6 Å². The molecule has 0 bridgehead atoms. The van der Waals surface area contributed by atoms with Gasteiger partial charge in [-0.15, -0.1) is 0 Å². The molecule has 0 saturated heterocycles. The number of primary amides is 1. The van der Waals surface area contributed by atoms with Crippen molar-refractivity contribution in [1.82, 2.24) is 9.62 Å². The largest absolute Gasteiger partial charge is 0.508 e. The van der Waals surface area contributed by atoms with Gasteiger partial charge in [-0.2, -0.15) is 0 Å². The minimum Gasteiger partial charge on any atom is -0.508 e. The van der Waals surface area contributed by atoms with Gasteiger partial charge >= 0.3 is 0 Å². The fourth-order valence-electron chi connectivity index (χ4n) is 6.75. The molecule has 1 aromatic rings. The lowest BCUT2D eigenvalue weighted by molar-refractivity contribution is -0.176. The summed E-state index contributed by atoms with van der Waals surface area (Å²) < 4.78 is 25.0. The van der Waals surface area contributed by atoms with Crippen molar-refractivity contribution in [3.8, 4) is 17.6 Å². The van der Waals surface area contributed by atoms with E-state index in [1.165, 1.54) is 38.1 Å². The summed E-state index contributed by atoms with van der Waals surface area (Å²) in [6.07, 6.45) is 0.892. The fraction of sp³-hybridized carbons (Fsp3) is 0.444. The molecular formula is C27H31N3O9S. The third-order valence-corrected chi connectivity index (χ3v) is 8.83. The van der Waals surface area contributed by atoms with Crippen molar-refractivity contribution in [2.45, 2.75) is 38.3 Å². The Labute approximate surface area is 231 Å². The number of hydrogen-bond donors (Lipinski definition) is 6. The number of carbonyl (C=O) groups is 3. The van der Waals surface area contributed by atoms with Gasteiger partial charge in [0.05, 0.1) is 24.4 Å². The van der Waals surface area contributed by atoms with E-state index >= 15 is 0 Å². The summed E-state index contributed by atoms with van der Waals surface area (Å²) in [6.45, 7) is 2.91. The molecule has 3 aliphatic rings. The van der Waals surface area contributed by atoms with E-state index in [2.05, 4.69) is 16.6 Å². The van der Waals surface area contributed by atoms with Crippen molar-refractivity contribution in [1.29, 1.82) is 0 Å². The van der Waals surface area contributed by atoms with Crippen LogP contribution in [0.5, 0.6) is 5.75 Å². The number of hydrogen-bond acceptors (Lipinski definition) is 10. The molecule has 0 heterocycles. The van der Waals surface area contributed by atoms with Gasteiger partial charge in [0.25, 0.3) is 5.91 Å². The molecule has 0 unspecified atom stereocenters. The molecule has 1 saturated carbocycles. The number of likely N-dealkylation sites (N-methyl/N-ethyl adjacent to an activating group) is 1. The van der Waals surface area contributed by atoms with Gasteiger partial charge in [-0.25, -0.2) is 13.1 Å². The van der Waals surface area contributed by atoms with Gasteiger partial charge in [-0.1, -0.05) is 25.7 Å². The van der Waals surface area contributed by atoms with Crippen molar-refractivity contribution < 1.29 is 43.2 Å². The van der Waals surface area contributed by atoms with Crippen LogP contribution in [0.25, 0.3) is 5.76 Å². The highest BCUT2D eigenvalue weighted by Gasteiger charge is 2.72. The first-order chi connectivity index (χ1) is 18.3. The molecule has 13 heteroatoms. The first kappa shape index (κ1) is 29.3. The monoisotopic (exact) mass is 573 g/mol. The van der Waals surface area contributed by atoms with Crippen LogP contribution in [-0.2, 0) is 30.8 Å². The standard InChI is InChI=1S/C27H31N3O9S/c1-25-11-14-13(7-6-10-29-40(5,38)39)8-9-15(31)16(14)19(32)18(25)23(35)27(37)22(34)17(24(28)36)20(33)21(30(3)4)26(27,2)12-25/h8-9,21,29,31-32,34,37H,10-12H2,1-5H3,(H2,28,36)/t21-,25+,26+,27-/m1/s1. The summed E-state index contributed by atoms with van der Waals surface area (Å²) in [5.41, 5.74) is -0.906. The maximum Gasteiger partial charge on any atom is 0.255 e. The minimum atomic E-state index is -3.48. The number of aliphatic hydroxyl groups is 3. The summed E-state index contributed by atoms with van der Waals surface area (Å²) in [5.74, 6) is 0.0193. The van der Waals surface area contributed by atoms with Crippen LogP contribution in [-0.4, -0.2) is 89.8 Å². The van der Waals surface area contributed by atoms with E-state index in [0.29, 0.717) is 11.1 Å². The molecule has 1 aromatic carbocycles. The summed E-state index contributed by atoms with van der Waals surface area (Å²) >= 11 is 0. The van der Waals surface area contributed by atoms with Gasteiger partial charge < -0.3 is 26.2 Å². The Balaban J connectivity index is 1.98. The van der Waals surface area contributed by atoms with E-state index in [1.54, 1.807) is 6.92 Å². The number of amides is 1. The highest BCUT2D eigenvalue weighted by molar-refractivity contribution is 7.88. The molecule has 1 fully saturated rings. The second-order valence-electron chi connectivity index (χ2n) is 11.3. The van der Waals surface area contributed by atoms with E-state index in [4.69, 9.17) is 5.73 Å². The zero-order chi connectivity index (χ0) is 30.2. The van der Waals surface area contributed by atoms with E-state index < -0.39 is 67.1 Å². The van der Waals surface area contributed by atoms with Crippen LogP contribution < -0.4 is 10.5 Å². The number of aromatic hydroxyl groups is 1. The van der Waals surface area contributed by atoms with E-state index in [0.717, 1.165) is 6.26 Å². The molecular weight excluding hydrogens is 542 g/mol. The lowest BCUT2D eigenvalue weighted by Gasteiger charge is -2.59. The van der Waals surface area contributed by atoms with Crippen molar-refractivity contribution in [3.05, 3.63) is 45.7 Å². The lowest BCUT2D eigenvalue weighted by atomic mass is 9.46. The quantitative estimate of drug-likeness (QED) is 0.204. The number of fused-ring (bicyclic) bond motifs is 3. The van der Waals surface area contributed by atoms with Crippen molar-refractivity contribution >= 4 is 33.3 Å². The average molecular weight is 574 g/mol. The van der Waals surface area contributed by atoms with Crippen LogP contribution in [0, 0.1) is 22.7 Å². The summed E-state index contributed by atoms with van der Waals surface area (Å²) in [5, 5.41) is 45.2. The molecule has 0 aliphatic heterocycles. The van der Waals surface area contributed by atoms with E-state index in [9.17, 15) is 43.2 Å². The Hall–Kier alpha value is -3.70. The number of phenols is 1. The van der Waals surface area contributed by atoms with Crippen LogP contribution in [0.15, 0.2) is 29.0 Å². The Bertz CT molecular complexity index is 1610. The van der Waals surface area contributed by atoms with Crippen LogP contribution in [0.2, 0.25) is 0 Å². The van der Waals surface area contributed by atoms with Crippen LogP contribution in [0.1, 0.15) is 37.0 Å². The number of aliphatic hydroxyl groups excluding tert-OH is 2. The molecule has 4 rings (SSSR count). The first-order valence-electron chi connectivity index (χ1n) is 12.3. The zero-order valence-corrected chi connectivity index (χ0v) is 23.4. The minimum absolute atomic E-state index is 0.0263. The Morgan fingerprint density at radius 3 is 2.38 bits per heavy atom. The molecule has 0 aromatic heterocycles. The van der Waals surface area contributed by atoms with Crippen LogP contribution in [0.3, 0.4) is 0 Å². The van der Waals surface area contributed by atoms with Gasteiger partial charge in [-0.3, -0.25) is 19.3 Å². The van der Waals surface area contributed by atoms with Crippen molar-refractivity contribution in [3.63, 3.8) is 0 Å². The van der Waals surface area contributed by atoms with Gasteiger partial charge in [0.2, 0.25) is 15.8 Å². The number of ketones is 2. The topological polar surface area (TPSA) is 208 Å². The molecule has 3 aliphatic carbocycles. The third kappa shape index (κ3) is 4.02. The molecule has 0 spiro atoms. The number of carbonyl (C=O) groups excluding carboxylic acids is 3. The maximum atomic E-state index is 14.2. The first-order valence-corrected chi connectivity index (χ1v) is 14.1. The molecule has 214 valence electrons. The Morgan fingerprint density at radius 1 is 1.20 bits per heavy atom. The second-order valence-corrected chi connectivity index (χ2v) is 13.1. The normalized spacial score (nSPS) is 29.9. The lowest BCUT2D eigenvalue weighted by Crippen LogP contribution is -2.72. The number of benzene rings is 1. The predicted octanol–water partition coefficient (Wildman–Crippen LogP) is -0.355. The van der Waals surface area contributed by atoms with Gasteiger partial charge in [0.1, 0.15) is 22.8 Å². The smallest absolute Gasteiger partial charge is 0.255 e. The molecule has 0 radical (unpaired) electrons. The van der Waals surface area contributed by atoms with E-state index in [-0.39, 0.29) is 36.3 Å². The fourth-order valence-corrected chi connectivity index (χ4v) is 7.08. The number of Topliss-reactive ketones (excluding diaryl/α,β-unsaturated/α-hetero) is 2. The van der Waals surface area contributed by atoms with E-state index in [1.807, 2.05) is 0 Å². The highest BCUT2D eigenvalue weighted by atomic mass is 32.2. The second kappa shape index (κ2) is 9.17. The highest BCUT2D eigenvalue weighted by Crippen LogP contribution is 2.63. The number of rotatable bonds is 4. The number of nitrogens with zero attached hydrogens (tertiary/aromatic N) is 1. The molecule has 7 N–H and O–H groups in total. The molecule has 12 nitrogen and oxygen atoms in total. The van der Waals surface area contributed by atoms with Crippen molar-refractivity contribution in [2.75, 3.05) is 26.9 Å². The number of phenolic OH excluding ortho intramolecular Hbond substituents is 1. The van der Waals surface area contributed by atoms with Gasteiger partial charge in [0.15, 0.2) is 11.4 Å². The van der Waals surface area contributed by atoms with Crippen LogP contribution in [0.4, 0.5) is 0 Å². The summed E-state index contributed by atoms with van der Waals surface area (Å²) in [4.78, 5) is 41.2. The average Bonchev–Trinajstić information content (AvgIpc) is 2.79. The van der Waals surface area contributed by atoms with Gasteiger partial charge in [0, 0.05) is 22.0 Å². The Morgan fingerprint density at radius 2 is 1.82 bits per heavy atom.